The molecule has 4 aromatic rings. The van der Waals surface area contributed by atoms with Crippen LogP contribution in [-0.4, -0.2) is 9.78 Å². The highest BCUT2D eigenvalue weighted by molar-refractivity contribution is 14.1. The van der Waals surface area contributed by atoms with Crippen LogP contribution in [-0.2, 0) is 6.54 Å². The number of nitriles is 1. The van der Waals surface area contributed by atoms with E-state index < -0.39 is 0 Å². The van der Waals surface area contributed by atoms with Gasteiger partial charge < -0.3 is 4.42 Å². The minimum atomic E-state index is -0.0812. The first-order valence-corrected chi connectivity index (χ1v) is 8.32. The summed E-state index contributed by atoms with van der Waals surface area (Å²) in [6.45, 7) is 0.0962. The lowest BCUT2D eigenvalue weighted by Gasteiger charge is -2.08. The average molecular weight is 427 g/mol. The maximum absolute atomic E-state index is 12.8. The number of hydrogen-bond donors (Lipinski definition) is 0. The molecule has 0 fully saturated rings. The molecular weight excluding hydrogens is 417 g/mol. The molecule has 4 rings (SSSR count). The van der Waals surface area contributed by atoms with E-state index in [-0.39, 0.29) is 12.0 Å². The first-order valence-electron chi connectivity index (χ1n) is 7.24. The van der Waals surface area contributed by atoms with Crippen molar-refractivity contribution in [3.63, 3.8) is 0 Å². The molecule has 0 amide bonds. The van der Waals surface area contributed by atoms with Crippen molar-refractivity contribution in [2.24, 2.45) is 0 Å². The van der Waals surface area contributed by atoms with Crippen LogP contribution in [0.5, 0.6) is 0 Å². The van der Waals surface area contributed by atoms with Crippen molar-refractivity contribution in [3.05, 3.63) is 62.5 Å². The van der Waals surface area contributed by atoms with Gasteiger partial charge in [0.15, 0.2) is 11.3 Å². The van der Waals surface area contributed by atoms with E-state index in [1.165, 1.54) is 0 Å². The quantitative estimate of drug-likeness (QED) is 0.455. The summed E-state index contributed by atoms with van der Waals surface area (Å²) in [6, 6.07) is 15.2. The van der Waals surface area contributed by atoms with Crippen LogP contribution in [0.25, 0.3) is 33.2 Å². The Morgan fingerprint density at radius 2 is 2.00 bits per heavy atom. The fourth-order valence-electron chi connectivity index (χ4n) is 2.76. The molecule has 0 spiro atoms. The van der Waals surface area contributed by atoms with E-state index in [1.807, 2.05) is 59.0 Å². The van der Waals surface area contributed by atoms with Crippen LogP contribution in [0.4, 0.5) is 0 Å². The zero-order valence-corrected chi connectivity index (χ0v) is 14.5. The van der Waals surface area contributed by atoms with E-state index in [0.29, 0.717) is 25.8 Å². The number of halogens is 1. The molecule has 0 aliphatic rings. The smallest absolute Gasteiger partial charge is 0.206 e. The third-order valence-electron chi connectivity index (χ3n) is 3.86. The van der Waals surface area contributed by atoms with E-state index in [4.69, 9.17) is 9.68 Å². The third-order valence-corrected chi connectivity index (χ3v) is 4.84. The Labute approximate surface area is 150 Å². The van der Waals surface area contributed by atoms with E-state index >= 15 is 0 Å². The summed E-state index contributed by atoms with van der Waals surface area (Å²) in [5.41, 5.74) is 1.89. The topological polar surface area (TPSA) is 71.8 Å². The van der Waals surface area contributed by atoms with Gasteiger partial charge in [-0.25, -0.2) is 4.68 Å². The van der Waals surface area contributed by atoms with Crippen molar-refractivity contribution in [1.29, 1.82) is 5.26 Å². The highest BCUT2D eigenvalue weighted by Crippen LogP contribution is 2.30. The summed E-state index contributed by atoms with van der Waals surface area (Å²) >= 11 is 2.02. The second-order valence-electron chi connectivity index (χ2n) is 5.28. The van der Waals surface area contributed by atoms with Gasteiger partial charge in [-0.3, -0.25) is 4.79 Å². The Balaban J connectivity index is 2.16. The molecule has 5 nitrogen and oxygen atoms in total. The van der Waals surface area contributed by atoms with Gasteiger partial charge in [0.2, 0.25) is 5.43 Å². The Morgan fingerprint density at radius 1 is 1.21 bits per heavy atom. The van der Waals surface area contributed by atoms with Crippen LogP contribution in [0.15, 0.2) is 57.9 Å². The minimum Gasteiger partial charge on any atom is -0.452 e. The molecular formula is C18H10IN3O2. The van der Waals surface area contributed by atoms with Crippen LogP contribution in [0, 0.1) is 14.9 Å². The summed E-state index contributed by atoms with van der Waals surface area (Å²) in [7, 11) is 0. The summed E-state index contributed by atoms with van der Waals surface area (Å²) in [5, 5.41) is 14.5. The lowest BCUT2D eigenvalue weighted by atomic mass is 10.1. The zero-order valence-electron chi connectivity index (χ0n) is 12.4. The van der Waals surface area contributed by atoms with Crippen molar-refractivity contribution >= 4 is 44.5 Å². The molecule has 2 aromatic heterocycles. The molecule has 0 atom stereocenters. The van der Waals surface area contributed by atoms with Crippen molar-refractivity contribution in [3.8, 4) is 17.4 Å². The van der Waals surface area contributed by atoms with E-state index in [9.17, 15) is 4.79 Å². The monoisotopic (exact) mass is 427 g/mol. The largest absolute Gasteiger partial charge is 0.452 e. The highest BCUT2D eigenvalue weighted by Gasteiger charge is 2.17. The standard InChI is InChI=1S/C18H10IN3O2/c19-14-16(23)13-7-6-12-10-21-22(9-8-20)15(12)18(13)24-17(14)11-4-2-1-3-5-11/h1-7,10H,9H2. The first kappa shape index (κ1) is 14.9. The Morgan fingerprint density at radius 3 is 2.75 bits per heavy atom. The van der Waals surface area contributed by atoms with E-state index in [2.05, 4.69) is 11.2 Å². The van der Waals surface area contributed by atoms with Crippen molar-refractivity contribution in [2.75, 3.05) is 0 Å². The SMILES string of the molecule is N#CCn1ncc2ccc3c(=O)c(I)c(-c4ccccc4)oc3c21. The van der Waals surface area contributed by atoms with Gasteiger partial charge in [-0.2, -0.15) is 10.4 Å². The maximum atomic E-state index is 12.8. The summed E-state index contributed by atoms with van der Waals surface area (Å²) in [5.74, 6) is 0.533. The zero-order chi connectivity index (χ0) is 16.7. The van der Waals surface area contributed by atoms with E-state index in [1.54, 1.807) is 16.9 Å². The van der Waals surface area contributed by atoms with Crippen molar-refractivity contribution < 1.29 is 4.42 Å². The second kappa shape index (κ2) is 5.76. The lowest BCUT2D eigenvalue weighted by molar-refractivity contribution is 0.613. The first-order chi connectivity index (χ1) is 11.7. The predicted molar refractivity (Wildman–Crippen MR) is 99.5 cm³/mol. The molecule has 6 heteroatoms. The van der Waals surface area contributed by atoms with Crippen molar-refractivity contribution in [2.45, 2.75) is 6.54 Å². The van der Waals surface area contributed by atoms with Gasteiger partial charge in [-0.05, 0) is 28.7 Å². The Hall–Kier alpha value is -2.66. The molecule has 0 N–H and O–H groups in total. The molecule has 0 aliphatic heterocycles. The molecule has 2 heterocycles. The summed E-state index contributed by atoms with van der Waals surface area (Å²) in [6.07, 6.45) is 1.67. The van der Waals surface area contributed by atoms with Crippen LogP contribution < -0.4 is 5.43 Å². The molecule has 0 unspecified atom stereocenters. The van der Waals surface area contributed by atoms with E-state index in [0.717, 1.165) is 10.9 Å². The molecule has 0 bridgehead atoms. The Bertz CT molecular complexity index is 1170. The van der Waals surface area contributed by atoms with Gasteiger partial charge in [0, 0.05) is 10.9 Å². The molecule has 0 aliphatic carbocycles. The van der Waals surface area contributed by atoms with Gasteiger partial charge in [0.1, 0.15) is 15.6 Å². The molecule has 24 heavy (non-hydrogen) atoms. The molecule has 0 saturated heterocycles. The normalized spacial score (nSPS) is 11.0. The van der Waals surface area contributed by atoms with Crippen LogP contribution in [0.3, 0.4) is 0 Å². The number of aromatic nitrogens is 2. The van der Waals surface area contributed by atoms with Crippen LogP contribution in [0.1, 0.15) is 0 Å². The molecule has 2 aromatic carbocycles. The number of fused-ring (bicyclic) bond motifs is 3. The number of hydrogen-bond acceptors (Lipinski definition) is 4. The number of rotatable bonds is 2. The third kappa shape index (κ3) is 2.20. The number of benzene rings is 2. The summed E-state index contributed by atoms with van der Waals surface area (Å²) in [4.78, 5) is 12.8. The fraction of sp³-hybridized carbons (Fsp3) is 0.0556. The van der Waals surface area contributed by atoms with Gasteiger partial charge >= 0.3 is 0 Å². The average Bonchev–Trinajstić information content (AvgIpc) is 3.02. The maximum Gasteiger partial charge on any atom is 0.206 e. The summed E-state index contributed by atoms with van der Waals surface area (Å²) < 4.78 is 8.24. The molecule has 0 saturated carbocycles. The second-order valence-corrected chi connectivity index (χ2v) is 6.36. The predicted octanol–water partition coefficient (Wildman–Crippen LogP) is 3.94. The lowest BCUT2D eigenvalue weighted by Crippen LogP contribution is -2.08. The molecule has 116 valence electrons. The van der Waals surface area contributed by atoms with Gasteiger partial charge in [0.25, 0.3) is 0 Å². The van der Waals surface area contributed by atoms with Crippen LogP contribution >= 0.6 is 22.6 Å². The fourth-order valence-corrected chi connectivity index (χ4v) is 3.47. The Kier molecular flexibility index (Phi) is 3.58. The minimum absolute atomic E-state index is 0.0812. The number of nitrogens with zero attached hydrogens (tertiary/aromatic N) is 3. The van der Waals surface area contributed by atoms with Crippen LogP contribution in [0.2, 0.25) is 0 Å². The van der Waals surface area contributed by atoms with Gasteiger partial charge in [0.05, 0.1) is 17.7 Å². The van der Waals surface area contributed by atoms with Gasteiger partial charge in [-0.1, -0.05) is 36.4 Å². The van der Waals surface area contributed by atoms with Crippen molar-refractivity contribution in [1.82, 2.24) is 9.78 Å². The highest BCUT2D eigenvalue weighted by atomic mass is 127. The molecule has 0 radical (unpaired) electrons. The van der Waals surface area contributed by atoms with Gasteiger partial charge in [-0.15, -0.1) is 0 Å².